The molecular formula is C18H12BrN3O4. The second-order valence-electron chi connectivity index (χ2n) is 5.28. The number of carbonyl (C=O) groups excluding carboxylic acids is 2. The van der Waals surface area contributed by atoms with E-state index in [0.717, 1.165) is 10.5 Å². The number of azo groups is 1. The van der Waals surface area contributed by atoms with Gasteiger partial charge in [-0.2, -0.15) is 0 Å². The van der Waals surface area contributed by atoms with Crippen LogP contribution >= 0.6 is 15.9 Å². The molecule has 3 N–H and O–H groups in total. The van der Waals surface area contributed by atoms with Crippen molar-refractivity contribution in [3.05, 3.63) is 64.6 Å². The second-order valence-corrected chi connectivity index (χ2v) is 6.19. The van der Waals surface area contributed by atoms with Crippen LogP contribution in [0.5, 0.6) is 5.88 Å². The van der Waals surface area contributed by atoms with Crippen molar-refractivity contribution in [3.8, 4) is 5.88 Å². The minimum atomic E-state index is -1.17. The molecule has 26 heavy (non-hydrogen) atoms. The summed E-state index contributed by atoms with van der Waals surface area (Å²) in [5, 5.41) is 27.3. The van der Waals surface area contributed by atoms with Gasteiger partial charge < -0.3 is 15.2 Å². The van der Waals surface area contributed by atoms with E-state index in [1.54, 1.807) is 48.5 Å². The maximum atomic E-state index is 11.9. The third kappa shape index (κ3) is 3.70. The zero-order valence-electron chi connectivity index (χ0n) is 13.2. The molecule has 7 nitrogen and oxygen atoms in total. The Balaban J connectivity index is 1.83. The largest absolute Gasteiger partial charge is 0.507 e. The molecule has 1 heterocycles. The highest BCUT2D eigenvalue weighted by Crippen LogP contribution is 2.36. The number of nitrogens with one attached hydrogen (secondary N) is 1. The van der Waals surface area contributed by atoms with Crippen LogP contribution in [-0.4, -0.2) is 26.9 Å². The number of fused-ring (bicyclic) bond motifs is 1. The number of aromatic amines is 1. The van der Waals surface area contributed by atoms with Crippen LogP contribution in [0.2, 0.25) is 0 Å². The van der Waals surface area contributed by atoms with E-state index in [4.69, 9.17) is 0 Å². The summed E-state index contributed by atoms with van der Waals surface area (Å²) in [4.78, 5) is 26.4. The number of benzene rings is 2. The van der Waals surface area contributed by atoms with Crippen molar-refractivity contribution >= 4 is 50.0 Å². The van der Waals surface area contributed by atoms with Gasteiger partial charge in [0.05, 0.1) is 5.52 Å². The van der Waals surface area contributed by atoms with Crippen LogP contribution in [-0.2, 0) is 9.59 Å². The Kier molecular flexibility index (Phi) is 4.94. The molecule has 0 aliphatic rings. The first kappa shape index (κ1) is 17.6. The number of aliphatic hydroxyl groups is 1. The Morgan fingerprint density at radius 2 is 1.85 bits per heavy atom. The zero-order valence-corrected chi connectivity index (χ0v) is 14.8. The molecule has 0 spiro atoms. The molecule has 0 bridgehead atoms. The number of aromatic hydroxyl groups is 1. The van der Waals surface area contributed by atoms with Crippen LogP contribution in [0.4, 0.5) is 5.69 Å². The smallest absolute Gasteiger partial charge is 0.335 e. The Labute approximate surface area is 155 Å². The number of amides is 1. The molecule has 2 aromatic carbocycles. The highest BCUT2D eigenvalue weighted by atomic mass is 79.9. The van der Waals surface area contributed by atoms with Gasteiger partial charge in [0, 0.05) is 21.5 Å². The van der Waals surface area contributed by atoms with Crippen molar-refractivity contribution in [2.45, 2.75) is 0 Å². The fourth-order valence-electron chi connectivity index (χ4n) is 2.26. The van der Waals surface area contributed by atoms with E-state index in [-0.39, 0.29) is 17.3 Å². The number of ketones is 1. The SMILES string of the molecule is O=C(/C=C(\O)c1ccccc1)C(=O)N=Nc1c(O)[nH]c2ccc(Br)cc12. The van der Waals surface area contributed by atoms with Crippen LogP contribution in [0.1, 0.15) is 5.56 Å². The summed E-state index contributed by atoms with van der Waals surface area (Å²) < 4.78 is 0.749. The van der Waals surface area contributed by atoms with Crippen molar-refractivity contribution in [2.75, 3.05) is 0 Å². The number of carbonyl (C=O) groups is 2. The molecule has 0 atom stereocenters. The topological polar surface area (TPSA) is 115 Å². The molecule has 8 heteroatoms. The van der Waals surface area contributed by atoms with Gasteiger partial charge in [-0.25, -0.2) is 0 Å². The first-order chi connectivity index (χ1) is 12.5. The Morgan fingerprint density at radius 1 is 1.12 bits per heavy atom. The minimum Gasteiger partial charge on any atom is -0.507 e. The van der Waals surface area contributed by atoms with Crippen LogP contribution in [0.25, 0.3) is 16.7 Å². The monoisotopic (exact) mass is 413 g/mol. The van der Waals surface area contributed by atoms with Crippen molar-refractivity contribution in [2.24, 2.45) is 10.2 Å². The predicted octanol–water partition coefficient (Wildman–Crippen LogP) is 4.41. The first-order valence-electron chi connectivity index (χ1n) is 7.42. The lowest BCUT2D eigenvalue weighted by Gasteiger charge is -1.98. The number of aliphatic hydroxyl groups excluding tert-OH is 1. The summed E-state index contributed by atoms with van der Waals surface area (Å²) in [5.41, 5.74) is 1.03. The molecule has 0 fully saturated rings. The van der Waals surface area contributed by atoms with Gasteiger partial charge in [-0.05, 0) is 18.2 Å². The van der Waals surface area contributed by atoms with E-state index >= 15 is 0 Å². The fraction of sp³-hybridized carbons (Fsp3) is 0. The van der Waals surface area contributed by atoms with E-state index in [1.165, 1.54) is 0 Å². The Bertz CT molecular complexity index is 1050. The fourth-order valence-corrected chi connectivity index (χ4v) is 2.62. The van der Waals surface area contributed by atoms with Crippen molar-refractivity contribution < 1.29 is 19.8 Å². The number of H-pyrrole nitrogens is 1. The molecule has 3 aromatic rings. The maximum Gasteiger partial charge on any atom is 0.335 e. The summed E-state index contributed by atoms with van der Waals surface area (Å²) in [5.74, 6) is -2.82. The van der Waals surface area contributed by atoms with Gasteiger partial charge in [-0.3, -0.25) is 9.59 Å². The molecular weight excluding hydrogens is 402 g/mol. The molecule has 0 aliphatic carbocycles. The third-order valence-electron chi connectivity index (χ3n) is 3.50. The van der Waals surface area contributed by atoms with Crippen LogP contribution < -0.4 is 0 Å². The lowest BCUT2D eigenvalue weighted by atomic mass is 10.1. The standard InChI is InChI=1S/C18H12BrN3O4/c19-11-6-7-13-12(8-11)16(18(26)20-13)21-22-17(25)15(24)9-14(23)10-4-2-1-3-5-10/h1-9,20,23,26H/b14-9-,22-21?. The number of nitrogens with zero attached hydrogens (tertiary/aromatic N) is 2. The van der Waals surface area contributed by atoms with E-state index in [0.29, 0.717) is 16.5 Å². The van der Waals surface area contributed by atoms with Crippen molar-refractivity contribution in [1.29, 1.82) is 0 Å². The minimum absolute atomic E-state index is 0.0405. The molecule has 0 aliphatic heterocycles. The number of aromatic nitrogens is 1. The van der Waals surface area contributed by atoms with Gasteiger partial charge in [0.2, 0.25) is 5.88 Å². The van der Waals surface area contributed by atoms with Gasteiger partial charge in [-0.15, -0.1) is 10.2 Å². The van der Waals surface area contributed by atoms with Gasteiger partial charge >= 0.3 is 5.91 Å². The molecule has 1 aromatic heterocycles. The summed E-state index contributed by atoms with van der Waals surface area (Å²) in [7, 11) is 0. The van der Waals surface area contributed by atoms with Crippen LogP contribution in [0.15, 0.2) is 69.3 Å². The first-order valence-corrected chi connectivity index (χ1v) is 8.21. The lowest BCUT2D eigenvalue weighted by molar-refractivity contribution is -0.133. The number of hydrogen-bond acceptors (Lipinski definition) is 5. The zero-order chi connectivity index (χ0) is 18.7. The highest BCUT2D eigenvalue weighted by molar-refractivity contribution is 9.10. The van der Waals surface area contributed by atoms with Gasteiger partial charge in [0.15, 0.2) is 5.69 Å². The highest BCUT2D eigenvalue weighted by Gasteiger charge is 2.15. The van der Waals surface area contributed by atoms with Gasteiger partial charge in [0.1, 0.15) is 5.76 Å². The molecule has 0 saturated carbocycles. The third-order valence-corrected chi connectivity index (χ3v) is 4.00. The number of hydrogen-bond donors (Lipinski definition) is 3. The summed E-state index contributed by atoms with van der Waals surface area (Å²) in [6.45, 7) is 0. The summed E-state index contributed by atoms with van der Waals surface area (Å²) in [6.07, 6.45) is 0.780. The second kappa shape index (κ2) is 7.32. The van der Waals surface area contributed by atoms with E-state index < -0.39 is 11.7 Å². The lowest BCUT2D eigenvalue weighted by Crippen LogP contribution is -2.07. The maximum absolute atomic E-state index is 11.9. The van der Waals surface area contributed by atoms with Crippen molar-refractivity contribution in [1.82, 2.24) is 4.98 Å². The molecule has 1 amide bonds. The van der Waals surface area contributed by atoms with E-state index in [9.17, 15) is 19.8 Å². The number of halogens is 1. The predicted molar refractivity (Wildman–Crippen MR) is 99.2 cm³/mol. The molecule has 130 valence electrons. The summed E-state index contributed by atoms with van der Waals surface area (Å²) >= 11 is 3.30. The molecule has 0 saturated heterocycles. The molecule has 3 rings (SSSR count). The van der Waals surface area contributed by atoms with E-state index in [2.05, 4.69) is 31.1 Å². The Hall–Kier alpha value is -3.26. The average molecular weight is 414 g/mol. The van der Waals surface area contributed by atoms with Crippen molar-refractivity contribution in [3.63, 3.8) is 0 Å². The normalized spacial score (nSPS) is 12.0. The van der Waals surface area contributed by atoms with E-state index in [1.807, 2.05) is 0 Å². The molecule has 0 radical (unpaired) electrons. The Morgan fingerprint density at radius 3 is 2.58 bits per heavy atom. The summed E-state index contributed by atoms with van der Waals surface area (Å²) in [6, 6.07) is 13.5. The molecule has 0 unspecified atom stereocenters. The average Bonchev–Trinajstić information content (AvgIpc) is 2.94. The van der Waals surface area contributed by atoms with Crippen LogP contribution in [0, 0.1) is 0 Å². The van der Waals surface area contributed by atoms with Crippen LogP contribution in [0.3, 0.4) is 0 Å². The number of rotatable bonds is 4. The van der Waals surface area contributed by atoms with Gasteiger partial charge in [-0.1, -0.05) is 46.3 Å². The quantitative estimate of drug-likeness (QED) is 0.254. The van der Waals surface area contributed by atoms with Gasteiger partial charge in [0.25, 0.3) is 5.78 Å².